The SMILES string of the molecule is CCN(CC)C(C)(CC)C(O)c1cnc(C(F)(F)F)s1. The minimum atomic E-state index is -4.46. The van der Waals surface area contributed by atoms with Gasteiger partial charge in [-0.3, -0.25) is 4.90 Å². The van der Waals surface area contributed by atoms with Gasteiger partial charge in [0.25, 0.3) is 0 Å². The average molecular weight is 310 g/mol. The number of rotatable bonds is 6. The van der Waals surface area contributed by atoms with Crippen LogP contribution in [0.5, 0.6) is 0 Å². The van der Waals surface area contributed by atoms with Crippen LogP contribution in [-0.2, 0) is 6.18 Å². The highest BCUT2D eigenvalue weighted by atomic mass is 32.1. The third-order valence-electron chi connectivity index (χ3n) is 3.83. The van der Waals surface area contributed by atoms with Crippen LogP contribution in [0.3, 0.4) is 0 Å². The van der Waals surface area contributed by atoms with Gasteiger partial charge in [0, 0.05) is 11.7 Å². The van der Waals surface area contributed by atoms with Crippen molar-refractivity contribution in [3.63, 3.8) is 0 Å². The van der Waals surface area contributed by atoms with Crippen LogP contribution in [-0.4, -0.2) is 33.6 Å². The first kappa shape index (κ1) is 17.4. The quantitative estimate of drug-likeness (QED) is 0.870. The molecule has 0 aliphatic rings. The molecule has 3 nitrogen and oxygen atoms in total. The summed E-state index contributed by atoms with van der Waals surface area (Å²) in [6.07, 6.45) is -3.67. The Hall–Kier alpha value is -0.660. The molecule has 0 aromatic carbocycles. The maximum Gasteiger partial charge on any atom is 0.443 e. The summed E-state index contributed by atoms with van der Waals surface area (Å²) in [6.45, 7) is 9.19. The van der Waals surface area contributed by atoms with Crippen molar-refractivity contribution < 1.29 is 18.3 Å². The number of halogens is 3. The van der Waals surface area contributed by atoms with Gasteiger partial charge in [0.2, 0.25) is 0 Å². The van der Waals surface area contributed by atoms with Crippen LogP contribution in [0.25, 0.3) is 0 Å². The Bertz CT molecular complexity index is 431. The highest BCUT2D eigenvalue weighted by molar-refractivity contribution is 7.11. The van der Waals surface area contributed by atoms with Crippen molar-refractivity contribution in [1.29, 1.82) is 0 Å². The summed E-state index contributed by atoms with van der Waals surface area (Å²) in [5.41, 5.74) is -0.598. The van der Waals surface area contributed by atoms with E-state index >= 15 is 0 Å². The van der Waals surface area contributed by atoms with Gasteiger partial charge >= 0.3 is 6.18 Å². The van der Waals surface area contributed by atoms with Crippen LogP contribution in [0.15, 0.2) is 6.20 Å². The number of aromatic nitrogens is 1. The van der Waals surface area contributed by atoms with Gasteiger partial charge in [0.05, 0.1) is 4.88 Å². The Balaban J connectivity index is 3.08. The normalized spacial score (nSPS) is 17.2. The predicted molar refractivity (Wildman–Crippen MR) is 73.7 cm³/mol. The van der Waals surface area contributed by atoms with Crippen molar-refractivity contribution in [3.05, 3.63) is 16.1 Å². The van der Waals surface area contributed by atoms with Gasteiger partial charge < -0.3 is 5.11 Å². The fourth-order valence-corrected chi connectivity index (χ4v) is 3.30. The van der Waals surface area contributed by atoms with Crippen molar-refractivity contribution >= 4 is 11.3 Å². The summed E-state index contributed by atoms with van der Waals surface area (Å²) in [7, 11) is 0. The molecule has 0 aliphatic carbocycles. The second-order valence-corrected chi connectivity index (χ2v) is 5.91. The molecule has 1 aromatic rings. The molecule has 1 aromatic heterocycles. The average Bonchev–Trinajstić information content (AvgIpc) is 2.88. The largest absolute Gasteiger partial charge is 0.443 e. The van der Waals surface area contributed by atoms with E-state index in [9.17, 15) is 18.3 Å². The molecule has 1 rings (SSSR count). The maximum absolute atomic E-state index is 12.6. The van der Waals surface area contributed by atoms with Gasteiger partial charge in [-0.05, 0) is 26.4 Å². The van der Waals surface area contributed by atoms with Crippen LogP contribution in [0.1, 0.15) is 50.1 Å². The molecule has 0 amide bonds. The van der Waals surface area contributed by atoms with E-state index in [1.807, 2.05) is 27.7 Å². The Morgan fingerprint density at radius 3 is 2.20 bits per heavy atom. The zero-order valence-corrected chi connectivity index (χ0v) is 13.0. The van der Waals surface area contributed by atoms with E-state index in [0.29, 0.717) is 17.8 Å². The number of alkyl halides is 3. The Morgan fingerprint density at radius 1 is 1.30 bits per heavy atom. The molecule has 1 N–H and O–H groups in total. The highest BCUT2D eigenvalue weighted by Crippen LogP contribution is 2.40. The molecule has 2 atom stereocenters. The van der Waals surface area contributed by atoms with Crippen molar-refractivity contribution in [2.24, 2.45) is 0 Å². The molecular weight excluding hydrogens is 289 g/mol. The molecule has 7 heteroatoms. The molecule has 0 fully saturated rings. The molecule has 0 aliphatic heterocycles. The first-order valence-electron chi connectivity index (χ1n) is 6.66. The van der Waals surface area contributed by atoms with Crippen LogP contribution < -0.4 is 0 Å². The molecule has 0 saturated heterocycles. The van der Waals surface area contributed by atoms with Crippen LogP contribution in [0.2, 0.25) is 0 Å². The summed E-state index contributed by atoms with van der Waals surface area (Å²) < 4.78 is 37.8. The molecule has 0 spiro atoms. The van der Waals surface area contributed by atoms with E-state index in [4.69, 9.17) is 0 Å². The van der Waals surface area contributed by atoms with Crippen molar-refractivity contribution in [1.82, 2.24) is 9.88 Å². The second-order valence-electron chi connectivity index (χ2n) is 4.85. The number of likely N-dealkylation sites (N-methyl/N-ethyl adjacent to an activating group) is 1. The van der Waals surface area contributed by atoms with E-state index in [1.54, 1.807) is 0 Å². The van der Waals surface area contributed by atoms with Gasteiger partial charge in [-0.1, -0.05) is 20.8 Å². The van der Waals surface area contributed by atoms with Crippen molar-refractivity contribution in [2.45, 2.75) is 51.9 Å². The second kappa shape index (κ2) is 6.41. The van der Waals surface area contributed by atoms with Gasteiger partial charge in [-0.25, -0.2) is 4.98 Å². The van der Waals surface area contributed by atoms with Gasteiger partial charge in [-0.15, -0.1) is 11.3 Å². The lowest BCUT2D eigenvalue weighted by atomic mass is 9.88. The van der Waals surface area contributed by atoms with Crippen LogP contribution >= 0.6 is 11.3 Å². The number of aliphatic hydroxyl groups is 1. The van der Waals surface area contributed by atoms with Crippen molar-refractivity contribution in [3.8, 4) is 0 Å². The number of hydrogen-bond donors (Lipinski definition) is 1. The molecule has 2 unspecified atom stereocenters. The number of nitrogens with zero attached hydrogens (tertiary/aromatic N) is 2. The van der Waals surface area contributed by atoms with E-state index in [-0.39, 0.29) is 4.88 Å². The smallest absolute Gasteiger partial charge is 0.386 e. The molecule has 1 heterocycles. The number of thiazole rings is 1. The molecule has 0 bridgehead atoms. The zero-order chi connectivity index (χ0) is 15.6. The first-order valence-corrected chi connectivity index (χ1v) is 7.48. The Kier molecular flexibility index (Phi) is 5.57. The van der Waals surface area contributed by atoms with E-state index in [1.165, 1.54) is 0 Å². The van der Waals surface area contributed by atoms with Crippen LogP contribution in [0, 0.1) is 0 Å². The minimum absolute atomic E-state index is 0.258. The maximum atomic E-state index is 12.6. The Labute approximate surface area is 121 Å². The predicted octanol–water partition coefficient (Wildman–Crippen LogP) is 3.71. The minimum Gasteiger partial charge on any atom is -0.386 e. The third-order valence-corrected chi connectivity index (χ3v) is 4.92. The lowest BCUT2D eigenvalue weighted by molar-refractivity contribution is -0.137. The number of hydrogen-bond acceptors (Lipinski definition) is 4. The topological polar surface area (TPSA) is 36.4 Å². The van der Waals surface area contributed by atoms with E-state index in [0.717, 1.165) is 19.3 Å². The summed E-state index contributed by atoms with van der Waals surface area (Å²) in [5, 5.41) is 9.60. The zero-order valence-electron chi connectivity index (χ0n) is 12.2. The van der Waals surface area contributed by atoms with Gasteiger partial charge in [0.1, 0.15) is 6.10 Å². The fraction of sp³-hybridized carbons (Fsp3) is 0.769. The first-order chi connectivity index (χ1) is 9.20. The highest BCUT2D eigenvalue weighted by Gasteiger charge is 2.40. The molecule has 20 heavy (non-hydrogen) atoms. The molecular formula is C13H21F3N2OS. The van der Waals surface area contributed by atoms with Gasteiger partial charge in [0.15, 0.2) is 5.01 Å². The van der Waals surface area contributed by atoms with E-state index < -0.39 is 22.8 Å². The molecule has 0 radical (unpaired) electrons. The lowest BCUT2D eigenvalue weighted by Gasteiger charge is -2.42. The third kappa shape index (κ3) is 3.32. The molecule has 0 saturated carbocycles. The summed E-state index contributed by atoms with van der Waals surface area (Å²) in [4.78, 5) is 5.70. The summed E-state index contributed by atoms with van der Waals surface area (Å²) in [5.74, 6) is 0. The molecule has 116 valence electrons. The van der Waals surface area contributed by atoms with Crippen molar-refractivity contribution in [2.75, 3.05) is 13.1 Å². The monoisotopic (exact) mass is 310 g/mol. The Morgan fingerprint density at radius 2 is 1.85 bits per heavy atom. The summed E-state index contributed by atoms with van der Waals surface area (Å²) in [6, 6.07) is 0. The lowest BCUT2D eigenvalue weighted by Crippen LogP contribution is -2.50. The van der Waals surface area contributed by atoms with E-state index in [2.05, 4.69) is 9.88 Å². The number of aliphatic hydroxyl groups excluding tert-OH is 1. The van der Waals surface area contributed by atoms with Gasteiger partial charge in [-0.2, -0.15) is 13.2 Å². The van der Waals surface area contributed by atoms with Crippen LogP contribution in [0.4, 0.5) is 13.2 Å². The standard InChI is InChI=1S/C13H21F3N2OS/c1-5-12(4,18(6-2)7-3)10(19)9-8-17-11(20-9)13(14,15)16/h8,10,19H,5-7H2,1-4H3. The summed E-state index contributed by atoms with van der Waals surface area (Å²) >= 11 is 0.516. The fourth-order valence-electron chi connectivity index (χ4n) is 2.39.